The van der Waals surface area contributed by atoms with Crippen molar-refractivity contribution in [1.29, 1.82) is 0 Å². The van der Waals surface area contributed by atoms with Gasteiger partial charge in [-0.15, -0.1) is 0 Å². The minimum absolute atomic E-state index is 0.0989. The van der Waals surface area contributed by atoms with Gasteiger partial charge in [-0.2, -0.15) is 0 Å². The number of likely N-dealkylation sites (tertiary alicyclic amines) is 1. The number of nitrogens with zero attached hydrogens (tertiary/aromatic N) is 1. The van der Waals surface area contributed by atoms with E-state index in [-0.39, 0.29) is 12.1 Å². The second-order valence-electron chi connectivity index (χ2n) is 6.12. The first-order chi connectivity index (χ1) is 9.13. The molecule has 1 saturated heterocycles. The topological polar surface area (TPSA) is 44.7 Å². The maximum atomic E-state index is 9.43. The molecule has 0 amide bonds. The Morgan fingerprint density at radius 3 is 2.84 bits per heavy atom. The van der Waals surface area contributed by atoms with Gasteiger partial charge < -0.3 is 20.1 Å². The summed E-state index contributed by atoms with van der Waals surface area (Å²) >= 11 is 0. The van der Waals surface area contributed by atoms with Crippen LogP contribution in [-0.4, -0.2) is 62.0 Å². The molecule has 1 aliphatic heterocycles. The summed E-state index contributed by atoms with van der Waals surface area (Å²) in [6, 6.07) is 0. The predicted octanol–water partition coefficient (Wildman–Crippen LogP) is 1.49. The van der Waals surface area contributed by atoms with Gasteiger partial charge in [0.25, 0.3) is 0 Å². The number of hydrogen-bond acceptors (Lipinski definition) is 4. The molecule has 0 spiro atoms. The third-order valence-corrected chi connectivity index (χ3v) is 4.18. The largest absolute Gasteiger partial charge is 0.394 e. The Balaban J connectivity index is 2.11. The van der Waals surface area contributed by atoms with Crippen molar-refractivity contribution in [3.63, 3.8) is 0 Å². The summed E-state index contributed by atoms with van der Waals surface area (Å²) < 4.78 is 5.22. The molecule has 0 radical (unpaired) electrons. The molecule has 0 saturated carbocycles. The molecule has 0 aromatic carbocycles. The smallest absolute Gasteiger partial charge is 0.0610 e. The van der Waals surface area contributed by atoms with Crippen molar-refractivity contribution in [3.05, 3.63) is 0 Å². The molecule has 1 heterocycles. The molecule has 4 heteroatoms. The fraction of sp³-hybridized carbons (Fsp3) is 1.00. The standard InChI is InChI=1S/C15H32N2O2/c1-4-16-15(2,13-18)8-5-6-9-17-10-7-14(11-17)12-19-3/h14,16,18H,4-13H2,1-3H3. The van der Waals surface area contributed by atoms with E-state index in [1.165, 1.54) is 38.9 Å². The molecule has 114 valence electrons. The number of aliphatic hydroxyl groups excluding tert-OH is 1. The van der Waals surface area contributed by atoms with E-state index in [2.05, 4.69) is 24.1 Å². The highest BCUT2D eigenvalue weighted by molar-refractivity contribution is 4.82. The second-order valence-corrected chi connectivity index (χ2v) is 6.12. The lowest BCUT2D eigenvalue weighted by Gasteiger charge is -2.28. The van der Waals surface area contributed by atoms with Crippen LogP contribution >= 0.6 is 0 Å². The molecule has 1 aliphatic rings. The first kappa shape index (κ1) is 16.9. The first-order valence-corrected chi connectivity index (χ1v) is 7.70. The Morgan fingerprint density at radius 2 is 2.21 bits per heavy atom. The molecule has 1 rings (SSSR count). The molecule has 1 fully saturated rings. The number of rotatable bonds is 10. The van der Waals surface area contributed by atoms with E-state index in [4.69, 9.17) is 4.74 Å². The van der Waals surface area contributed by atoms with E-state index in [9.17, 15) is 5.11 Å². The molecule has 0 bridgehead atoms. The van der Waals surface area contributed by atoms with Gasteiger partial charge in [0.1, 0.15) is 0 Å². The summed E-state index contributed by atoms with van der Waals surface area (Å²) in [5, 5.41) is 12.8. The molecule has 4 nitrogen and oxygen atoms in total. The molecule has 0 aliphatic carbocycles. The number of ether oxygens (including phenoxy) is 1. The average molecular weight is 272 g/mol. The van der Waals surface area contributed by atoms with E-state index in [1.807, 2.05) is 0 Å². The molecule has 2 atom stereocenters. The fourth-order valence-electron chi connectivity index (χ4n) is 2.99. The lowest BCUT2D eigenvalue weighted by atomic mass is 9.95. The van der Waals surface area contributed by atoms with Gasteiger partial charge in [-0.05, 0) is 51.7 Å². The highest BCUT2D eigenvalue weighted by Gasteiger charge is 2.23. The number of aliphatic hydroxyl groups is 1. The Kier molecular flexibility index (Phi) is 7.91. The zero-order chi connectivity index (χ0) is 14.1. The van der Waals surface area contributed by atoms with Crippen LogP contribution in [0.4, 0.5) is 0 Å². The molecule has 0 aromatic heterocycles. The van der Waals surface area contributed by atoms with E-state index in [1.54, 1.807) is 7.11 Å². The van der Waals surface area contributed by atoms with Crippen molar-refractivity contribution in [2.75, 3.05) is 46.5 Å². The average Bonchev–Trinajstić information content (AvgIpc) is 2.83. The van der Waals surface area contributed by atoms with Crippen molar-refractivity contribution >= 4 is 0 Å². The van der Waals surface area contributed by atoms with Gasteiger partial charge in [0, 0.05) is 19.2 Å². The Hall–Kier alpha value is -0.160. The summed E-state index contributed by atoms with van der Waals surface area (Å²) in [5.74, 6) is 0.731. The van der Waals surface area contributed by atoms with Crippen LogP contribution in [0.2, 0.25) is 0 Å². The minimum atomic E-state index is -0.0989. The number of nitrogens with one attached hydrogen (secondary N) is 1. The van der Waals surface area contributed by atoms with Crippen LogP contribution in [0.1, 0.15) is 39.5 Å². The third-order valence-electron chi connectivity index (χ3n) is 4.18. The summed E-state index contributed by atoms with van der Waals surface area (Å²) in [6.45, 7) is 9.85. The normalized spacial score (nSPS) is 23.7. The Bertz CT molecular complexity index is 238. The van der Waals surface area contributed by atoms with E-state index < -0.39 is 0 Å². The second kappa shape index (κ2) is 8.90. The van der Waals surface area contributed by atoms with E-state index >= 15 is 0 Å². The van der Waals surface area contributed by atoms with Crippen molar-refractivity contribution < 1.29 is 9.84 Å². The zero-order valence-corrected chi connectivity index (χ0v) is 13.0. The van der Waals surface area contributed by atoms with Gasteiger partial charge in [-0.1, -0.05) is 13.3 Å². The SMILES string of the molecule is CCNC(C)(CO)CCCCN1CCC(COC)C1. The zero-order valence-electron chi connectivity index (χ0n) is 13.0. The quantitative estimate of drug-likeness (QED) is 0.591. The number of likely N-dealkylation sites (N-methyl/N-ethyl adjacent to an activating group) is 1. The van der Waals surface area contributed by atoms with Gasteiger partial charge in [0.2, 0.25) is 0 Å². The van der Waals surface area contributed by atoms with Gasteiger partial charge in [-0.3, -0.25) is 0 Å². The van der Waals surface area contributed by atoms with Crippen molar-refractivity contribution in [1.82, 2.24) is 10.2 Å². The molecular weight excluding hydrogens is 240 g/mol. The molecule has 2 N–H and O–H groups in total. The maximum absolute atomic E-state index is 9.43. The lowest BCUT2D eigenvalue weighted by Crippen LogP contribution is -2.45. The Morgan fingerprint density at radius 1 is 1.42 bits per heavy atom. The van der Waals surface area contributed by atoms with Gasteiger partial charge >= 0.3 is 0 Å². The number of hydrogen-bond donors (Lipinski definition) is 2. The van der Waals surface area contributed by atoms with Crippen LogP contribution in [0.25, 0.3) is 0 Å². The number of methoxy groups -OCH3 is 1. The van der Waals surface area contributed by atoms with Crippen LogP contribution in [0, 0.1) is 5.92 Å². The first-order valence-electron chi connectivity index (χ1n) is 7.70. The number of unbranched alkanes of at least 4 members (excludes halogenated alkanes) is 1. The molecule has 19 heavy (non-hydrogen) atoms. The van der Waals surface area contributed by atoms with Crippen molar-refractivity contribution in [3.8, 4) is 0 Å². The Labute approximate surface area is 118 Å². The third kappa shape index (κ3) is 6.21. The summed E-state index contributed by atoms with van der Waals surface area (Å²) in [6.07, 6.45) is 4.72. The molecule has 2 unspecified atom stereocenters. The highest BCUT2D eigenvalue weighted by atomic mass is 16.5. The minimum Gasteiger partial charge on any atom is -0.394 e. The van der Waals surface area contributed by atoms with Gasteiger partial charge in [-0.25, -0.2) is 0 Å². The van der Waals surface area contributed by atoms with Gasteiger partial charge in [0.15, 0.2) is 0 Å². The van der Waals surface area contributed by atoms with Crippen LogP contribution in [0.3, 0.4) is 0 Å². The predicted molar refractivity (Wildman–Crippen MR) is 79.4 cm³/mol. The van der Waals surface area contributed by atoms with E-state index in [0.717, 1.165) is 25.5 Å². The van der Waals surface area contributed by atoms with Crippen LogP contribution in [0.5, 0.6) is 0 Å². The lowest BCUT2D eigenvalue weighted by molar-refractivity contribution is 0.151. The molecule has 0 aromatic rings. The maximum Gasteiger partial charge on any atom is 0.0610 e. The van der Waals surface area contributed by atoms with Crippen molar-refractivity contribution in [2.24, 2.45) is 5.92 Å². The van der Waals surface area contributed by atoms with Crippen LogP contribution in [-0.2, 0) is 4.74 Å². The van der Waals surface area contributed by atoms with Gasteiger partial charge in [0.05, 0.1) is 13.2 Å². The highest BCUT2D eigenvalue weighted by Crippen LogP contribution is 2.18. The summed E-state index contributed by atoms with van der Waals surface area (Å²) in [4.78, 5) is 2.55. The fourth-order valence-corrected chi connectivity index (χ4v) is 2.99. The van der Waals surface area contributed by atoms with Crippen molar-refractivity contribution in [2.45, 2.75) is 45.1 Å². The van der Waals surface area contributed by atoms with Crippen LogP contribution < -0.4 is 5.32 Å². The summed E-state index contributed by atoms with van der Waals surface area (Å²) in [5.41, 5.74) is -0.0989. The molecular formula is C15H32N2O2. The van der Waals surface area contributed by atoms with Crippen LogP contribution in [0.15, 0.2) is 0 Å². The summed E-state index contributed by atoms with van der Waals surface area (Å²) in [7, 11) is 1.79. The monoisotopic (exact) mass is 272 g/mol. The van der Waals surface area contributed by atoms with E-state index in [0.29, 0.717) is 0 Å².